The Kier molecular flexibility index (Phi) is 10.7. The molecule has 2 fully saturated rings. The number of amides is 2. The van der Waals surface area contributed by atoms with Gasteiger partial charge in [0.15, 0.2) is 0 Å². The Morgan fingerprint density at radius 3 is 2.48 bits per heavy atom. The Hall–Kier alpha value is -3.86. The number of piperazine rings is 1. The first-order chi connectivity index (χ1) is 20.9. The number of halogens is 1. The number of anilines is 1. The van der Waals surface area contributed by atoms with Gasteiger partial charge in [-0.25, -0.2) is 4.39 Å². The molecule has 0 spiro atoms. The van der Waals surface area contributed by atoms with E-state index in [1.54, 1.807) is 30.0 Å². The van der Waals surface area contributed by atoms with Gasteiger partial charge < -0.3 is 56.1 Å². The average Bonchev–Trinajstić information content (AvgIpc) is 3.00. The van der Waals surface area contributed by atoms with Crippen LogP contribution >= 0.6 is 0 Å². The van der Waals surface area contributed by atoms with Crippen molar-refractivity contribution in [1.29, 1.82) is 5.41 Å². The van der Waals surface area contributed by atoms with E-state index in [0.717, 1.165) is 12.1 Å². The van der Waals surface area contributed by atoms with Crippen molar-refractivity contribution in [2.45, 2.75) is 43.7 Å². The van der Waals surface area contributed by atoms with Crippen molar-refractivity contribution < 1.29 is 43.9 Å². The first-order valence-electron chi connectivity index (χ1n) is 14.1. The number of nitrogens with two attached hydrogens (primary N) is 1. The van der Waals surface area contributed by atoms with Gasteiger partial charge in [0.2, 0.25) is 18.1 Å². The Morgan fingerprint density at radius 2 is 1.82 bits per heavy atom. The number of ether oxygens (including phenoxy) is 2. The number of aryl methyl sites for hydroxylation is 1. The number of nitrogens with zero attached hydrogens (tertiary/aromatic N) is 2. The summed E-state index contributed by atoms with van der Waals surface area (Å²) in [4.78, 5) is 30.4. The van der Waals surface area contributed by atoms with Crippen LogP contribution in [0.5, 0.6) is 5.75 Å². The molecule has 2 aromatic carbocycles. The number of benzene rings is 2. The maximum absolute atomic E-state index is 14.5. The van der Waals surface area contributed by atoms with Gasteiger partial charge in [0.1, 0.15) is 47.9 Å². The lowest BCUT2D eigenvalue weighted by molar-refractivity contribution is -0.277. The summed E-state index contributed by atoms with van der Waals surface area (Å²) in [5.74, 6) is -2.18. The van der Waals surface area contributed by atoms with E-state index in [-0.39, 0.29) is 29.6 Å². The maximum atomic E-state index is 14.5. The van der Waals surface area contributed by atoms with Gasteiger partial charge in [-0.05, 0) is 37.7 Å². The summed E-state index contributed by atoms with van der Waals surface area (Å²) >= 11 is 0. The minimum atomic E-state index is -1.79. The minimum absolute atomic E-state index is 0.0699. The standard InChI is InChI=1S/C29H39FN6O8/c1-15-3-4-16(27(31)32)11-19(15)34-23(28(42)33-13-22(38)36-9-7-35(2)8-10-36)18-6-5-17(30)12-20(18)43-29-26(41)25(40)24(39)21(14-37)44-29/h3-6,11-12,21,23-26,29,34,37,39-41H,7-10,13-14H2,1-2H3,(H3,31,32)(H,33,42). The topological polar surface area (TPSA) is 214 Å². The monoisotopic (exact) mass is 618 g/mol. The molecule has 0 radical (unpaired) electrons. The van der Waals surface area contributed by atoms with Crippen molar-refractivity contribution in [2.75, 3.05) is 51.7 Å². The highest BCUT2D eigenvalue weighted by Crippen LogP contribution is 2.33. The van der Waals surface area contributed by atoms with E-state index in [1.807, 2.05) is 7.05 Å². The highest BCUT2D eigenvalue weighted by Gasteiger charge is 2.45. The number of nitrogens with one attached hydrogen (secondary N) is 3. The quantitative estimate of drug-likeness (QED) is 0.115. The minimum Gasteiger partial charge on any atom is -0.461 e. The van der Waals surface area contributed by atoms with E-state index < -0.39 is 55.1 Å². The number of amidine groups is 1. The third kappa shape index (κ3) is 7.61. The molecule has 2 saturated heterocycles. The molecular formula is C29H39FN6O8. The van der Waals surface area contributed by atoms with Crippen LogP contribution < -0.4 is 21.1 Å². The lowest BCUT2D eigenvalue weighted by Crippen LogP contribution is -2.60. The summed E-state index contributed by atoms with van der Waals surface area (Å²) in [5.41, 5.74) is 7.21. The van der Waals surface area contributed by atoms with Crippen molar-refractivity contribution in [2.24, 2.45) is 5.73 Å². The predicted molar refractivity (Wildman–Crippen MR) is 156 cm³/mol. The molecule has 44 heavy (non-hydrogen) atoms. The third-order valence-electron chi connectivity index (χ3n) is 7.76. The highest BCUT2D eigenvalue weighted by molar-refractivity contribution is 5.96. The van der Waals surface area contributed by atoms with Crippen LogP contribution in [0.2, 0.25) is 0 Å². The Balaban J connectivity index is 1.66. The normalized spacial score (nSPS) is 24.8. The van der Waals surface area contributed by atoms with Crippen LogP contribution in [0.3, 0.4) is 0 Å². The second-order valence-corrected chi connectivity index (χ2v) is 10.9. The molecule has 2 amide bonds. The molecule has 6 atom stereocenters. The van der Waals surface area contributed by atoms with E-state index in [0.29, 0.717) is 43.0 Å². The highest BCUT2D eigenvalue weighted by atomic mass is 19.1. The zero-order valence-corrected chi connectivity index (χ0v) is 24.4. The van der Waals surface area contributed by atoms with Crippen LogP contribution in [-0.2, 0) is 14.3 Å². The van der Waals surface area contributed by atoms with Gasteiger partial charge in [-0.15, -0.1) is 0 Å². The summed E-state index contributed by atoms with van der Waals surface area (Å²) in [6.45, 7) is 3.16. The SMILES string of the molecule is Cc1ccc(C(=N)N)cc1NC(C(=O)NCC(=O)N1CCN(C)CC1)c1ccc(F)cc1OC1OC(CO)C(O)C(O)C1O. The van der Waals surface area contributed by atoms with Gasteiger partial charge in [-0.3, -0.25) is 15.0 Å². The molecule has 0 saturated carbocycles. The fourth-order valence-corrected chi connectivity index (χ4v) is 4.96. The van der Waals surface area contributed by atoms with Crippen LogP contribution in [0.25, 0.3) is 0 Å². The Bertz CT molecular complexity index is 1360. The summed E-state index contributed by atoms with van der Waals surface area (Å²) in [6.07, 6.45) is -8.13. The molecule has 0 aliphatic carbocycles. The van der Waals surface area contributed by atoms with Crippen molar-refractivity contribution >= 4 is 23.3 Å². The second-order valence-electron chi connectivity index (χ2n) is 10.9. The number of hydrogen-bond donors (Lipinski definition) is 8. The van der Waals surface area contributed by atoms with E-state index in [2.05, 4.69) is 15.5 Å². The number of carbonyl (C=O) groups is 2. The van der Waals surface area contributed by atoms with Crippen LogP contribution in [0.4, 0.5) is 10.1 Å². The number of likely N-dealkylation sites (N-methyl/N-ethyl adjacent to an activating group) is 1. The van der Waals surface area contributed by atoms with Crippen LogP contribution in [-0.4, -0.2) is 125 Å². The third-order valence-corrected chi connectivity index (χ3v) is 7.76. The summed E-state index contributed by atoms with van der Waals surface area (Å²) in [6, 6.07) is 6.90. The van der Waals surface area contributed by atoms with E-state index in [4.69, 9.17) is 20.6 Å². The largest absolute Gasteiger partial charge is 0.461 e. The molecule has 2 aliphatic rings. The van der Waals surface area contributed by atoms with Gasteiger partial charge in [0.05, 0.1) is 13.2 Å². The maximum Gasteiger partial charge on any atom is 0.247 e. The van der Waals surface area contributed by atoms with Gasteiger partial charge in [-0.2, -0.15) is 0 Å². The van der Waals surface area contributed by atoms with Crippen molar-refractivity contribution in [1.82, 2.24) is 15.1 Å². The van der Waals surface area contributed by atoms with Gasteiger partial charge >= 0.3 is 0 Å². The molecule has 240 valence electrons. The molecule has 2 aliphatic heterocycles. The lowest BCUT2D eigenvalue weighted by Gasteiger charge is -2.40. The molecule has 14 nitrogen and oxygen atoms in total. The average molecular weight is 619 g/mol. The summed E-state index contributed by atoms with van der Waals surface area (Å²) in [5, 5.41) is 54.0. The van der Waals surface area contributed by atoms with Crippen LogP contribution in [0.15, 0.2) is 36.4 Å². The molecule has 9 N–H and O–H groups in total. The molecule has 2 heterocycles. The first-order valence-corrected chi connectivity index (χ1v) is 14.1. The second kappa shape index (κ2) is 14.3. The van der Waals surface area contributed by atoms with E-state index >= 15 is 0 Å². The number of hydrogen-bond acceptors (Lipinski definition) is 11. The van der Waals surface area contributed by atoms with Crippen molar-refractivity contribution in [3.8, 4) is 5.75 Å². The first kappa shape index (κ1) is 33.0. The lowest BCUT2D eigenvalue weighted by atomic mass is 9.99. The number of nitrogen functional groups attached to an aromatic ring is 1. The van der Waals surface area contributed by atoms with Crippen molar-refractivity contribution in [3.05, 3.63) is 58.9 Å². The smallest absolute Gasteiger partial charge is 0.247 e. The fourth-order valence-electron chi connectivity index (χ4n) is 4.96. The molecular weight excluding hydrogens is 579 g/mol. The van der Waals surface area contributed by atoms with Crippen LogP contribution in [0.1, 0.15) is 22.7 Å². The zero-order valence-electron chi connectivity index (χ0n) is 24.4. The number of carbonyl (C=O) groups excluding carboxylic acids is 2. The van der Waals surface area contributed by atoms with Crippen molar-refractivity contribution in [3.63, 3.8) is 0 Å². The van der Waals surface area contributed by atoms with Gasteiger partial charge in [0.25, 0.3) is 0 Å². The van der Waals surface area contributed by atoms with Gasteiger partial charge in [-0.1, -0.05) is 12.1 Å². The number of aliphatic hydroxyl groups excluding tert-OH is 4. The molecule has 0 aromatic heterocycles. The number of rotatable bonds is 10. The molecule has 15 heteroatoms. The fraction of sp³-hybridized carbons (Fsp3) is 0.483. The molecule has 2 aromatic rings. The zero-order chi connectivity index (χ0) is 32.1. The van der Waals surface area contributed by atoms with E-state index in [1.165, 1.54) is 6.07 Å². The predicted octanol–water partition coefficient (Wildman–Crippen LogP) is -1.36. The Labute approximate surface area is 253 Å². The molecule has 0 bridgehead atoms. The number of aliphatic hydroxyl groups is 4. The molecule has 4 rings (SSSR count). The van der Waals surface area contributed by atoms with Crippen LogP contribution in [0, 0.1) is 18.2 Å². The van der Waals surface area contributed by atoms with Gasteiger partial charge in [0, 0.05) is 49.1 Å². The van der Waals surface area contributed by atoms with E-state index in [9.17, 15) is 34.4 Å². The molecule has 6 unspecified atom stereocenters. The summed E-state index contributed by atoms with van der Waals surface area (Å²) < 4.78 is 25.7. The Morgan fingerprint density at radius 1 is 1.11 bits per heavy atom. The summed E-state index contributed by atoms with van der Waals surface area (Å²) in [7, 11) is 1.95.